The molecule has 2 aromatic heterocycles. The quantitative estimate of drug-likeness (QED) is 0.121. The lowest BCUT2D eigenvalue weighted by Gasteiger charge is -2.29. The minimum Gasteiger partial charge on any atom is -0.491 e. The molecule has 4 aromatic rings. The Morgan fingerprint density at radius 3 is 2.53 bits per heavy atom. The highest BCUT2D eigenvalue weighted by Gasteiger charge is 2.46. The highest BCUT2D eigenvalue weighted by Crippen LogP contribution is 2.41. The van der Waals surface area contributed by atoms with Crippen molar-refractivity contribution in [2.45, 2.75) is 23.6 Å². The summed E-state index contributed by atoms with van der Waals surface area (Å²) in [6.07, 6.45) is 3.11. The molecule has 0 aliphatic carbocycles. The fourth-order valence-electron chi connectivity index (χ4n) is 4.36. The van der Waals surface area contributed by atoms with Gasteiger partial charge in [-0.1, -0.05) is 41.0 Å². The third kappa shape index (κ3) is 6.75. The van der Waals surface area contributed by atoms with Gasteiger partial charge in [0.2, 0.25) is 5.79 Å². The lowest BCUT2D eigenvalue weighted by atomic mass is 10.1. The van der Waals surface area contributed by atoms with Gasteiger partial charge in [0.1, 0.15) is 25.0 Å². The predicted molar refractivity (Wildman–Crippen MR) is 150 cm³/mol. The molecule has 1 aliphatic rings. The number of hydrogen-bond donors (Lipinski definition) is 0. The van der Waals surface area contributed by atoms with Crippen LogP contribution in [-0.4, -0.2) is 60.1 Å². The van der Waals surface area contributed by atoms with E-state index in [1.165, 1.54) is 6.07 Å². The van der Waals surface area contributed by atoms with Crippen LogP contribution in [0.4, 0.5) is 0 Å². The van der Waals surface area contributed by atoms with Crippen LogP contribution in [0.25, 0.3) is 11.3 Å². The Kier molecular flexibility index (Phi) is 8.88. The van der Waals surface area contributed by atoms with E-state index in [1.54, 1.807) is 30.1 Å². The minimum atomic E-state index is -1.71. The molecule has 19 heteroatoms. The van der Waals surface area contributed by atoms with E-state index in [1.807, 2.05) is 42.1 Å². The number of imidazole rings is 1. The average Bonchev–Trinajstić information content (AvgIpc) is 3.64. The standard InChI is InChI=1S/C24H21Cl2N7O9S/c1-30-20(10-27-23(30)43-2)14-3-6-16(7-4-14)38-11-17-12-39-24(40-17,18-8-5-15(25)9-19(18)26)13-31-22(42-33(36)37)28-21(29-31)41-32(34)35/h3-10,17H,11-13H2,1-2H3. The van der Waals surface area contributed by atoms with Crippen LogP contribution in [0.5, 0.6) is 17.8 Å². The van der Waals surface area contributed by atoms with Gasteiger partial charge >= 0.3 is 22.2 Å². The molecule has 0 amide bonds. The van der Waals surface area contributed by atoms with Crippen molar-refractivity contribution in [3.8, 4) is 29.0 Å². The molecular formula is C24H21Cl2N7O9S. The van der Waals surface area contributed by atoms with E-state index in [-0.39, 0.29) is 18.2 Å². The van der Waals surface area contributed by atoms with E-state index in [9.17, 15) is 20.2 Å². The minimum absolute atomic E-state index is 0.0158. The maximum absolute atomic E-state index is 11.0. The number of aromatic nitrogens is 5. The number of halogens is 2. The maximum Gasteiger partial charge on any atom is 0.329 e. The average molecular weight is 654 g/mol. The Bertz CT molecular complexity index is 1650. The molecule has 2 atom stereocenters. The van der Waals surface area contributed by atoms with Crippen molar-refractivity contribution in [2.24, 2.45) is 7.05 Å². The number of benzene rings is 2. The summed E-state index contributed by atoms with van der Waals surface area (Å²) in [4.78, 5) is 38.5. The van der Waals surface area contributed by atoms with Gasteiger partial charge in [-0.05, 0) is 42.7 Å². The first-order valence-electron chi connectivity index (χ1n) is 12.2. The van der Waals surface area contributed by atoms with Crippen LogP contribution < -0.4 is 14.4 Å². The summed E-state index contributed by atoms with van der Waals surface area (Å²) in [6.45, 7) is -0.360. The number of nitrogens with zero attached hydrogens (tertiary/aromatic N) is 7. The molecule has 0 N–H and O–H groups in total. The zero-order chi connectivity index (χ0) is 30.7. The van der Waals surface area contributed by atoms with Crippen molar-refractivity contribution in [2.75, 3.05) is 19.5 Å². The second kappa shape index (κ2) is 12.6. The molecule has 1 aliphatic heterocycles. The Hall–Kier alpha value is -4.16. The molecule has 5 rings (SSSR count). The van der Waals surface area contributed by atoms with E-state index in [2.05, 4.69) is 24.7 Å². The number of ether oxygens (including phenoxy) is 3. The molecule has 0 spiro atoms. The van der Waals surface area contributed by atoms with Gasteiger partial charge in [0.25, 0.3) is 0 Å². The highest BCUT2D eigenvalue weighted by molar-refractivity contribution is 7.98. The summed E-state index contributed by atoms with van der Waals surface area (Å²) in [5, 5.41) is 24.7. The van der Waals surface area contributed by atoms with Gasteiger partial charge in [0, 0.05) is 23.2 Å². The van der Waals surface area contributed by atoms with Crippen LogP contribution in [0.2, 0.25) is 10.0 Å². The van der Waals surface area contributed by atoms with Gasteiger partial charge in [0.05, 0.1) is 23.5 Å². The van der Waals surface area contributed by atoms with Crippen molar-refractivity contribution in [1.29, 1.82) is 0 Å². The summed E-state index contributed by atoms with van der Waals surface area (Å²) in [6, 6.07) is 10.5. The smallest absolute Gasteiger partial charge is 0.329 e. The van der Waals surface area contributed by atoms with Crippen LogP contribution in [0, 0.1) is 20.2 Å². The lowest BCUT2D eigenvalue weighted by Crippen LogP contribution is -2.35. The lowest BCUT2D eigenvalue weighted by molar-refractivity contribution is -0.715. The van der Waals surface area contributed by atoms with Crippen LogP contribution in [0.1, 0.15) is 5.56 Å². The van der Waals surface area contributed by atoms with Gasteiger partial charge in [-0.25, -0.2) is 19.3 Å². The number of hydrogen-bond acceptors (Lipinski definition) is 13. The van der Waals surface area contributed by atoms with Crippen LogP contribution in [-0.2, 0) is 28.9 Å². The van der Waals surface area contributed by atoms with E-state index >= 15 is 0 Å². The van der Waals surface area contributed by atoms with Gasteiger partial charge in [-0.3, -0.25) is 0 Å². The molecule has 0 radical (unpaired) electrons. The Labute approximate surface area is 256 Å². The molecule has 16 nitrogen and oxygen atoms in total. The highest BCUT2D eigenvalue weighted by atomic mass is 35.5. The third-order valence-corrected chi connectivity index (χ3v) is 7.50. The Morgan fingerprint density at radius 1 is 1.14 bits per heavy atom. The first kappa shape index (κ1) is 30.3. The first-order chi connectivity index (χ1) is 20.6. The van der Waals surface area contributed by atoms with E-state index in [0.717, 1.165) is 21.1 Å². The van der Waals surface area contributed by atoms with Crippen molar-refractivity contribution >= 4 is 35.0 Å². The third-order valence-electron chi connectivity index (χ3n) is 6.20. The molecule has 2 aromatic carbocycles. The molecule has 3 heterocycles. The fraction of sp³-hybridized carbons (Fsp3) is 0.292. The molecule has 0 saturated carbocycles. The predicted octanol–water partition coefficient (Wildman–Crippen LogP) is 4.20. The zero-order valence-electron chi connectivity index (χ0n) is 22.3. The number of thioether (sulfide) groups is 1. The SMILES string of the molecule is CSc1ncc(-c2ccc(OCC3COC(Cn4nc(O[N+](=O)[O-])nc4O[N+](=O)[O-])(c4ccc(Cl)cc4Cl)O3)cc2)n1C. The van der Waals surface area contributed by atoms with Crippen molar-refractivity contribution < 1.29 is 34.1 Å². The van der Waals surface area contributed by atoms with Crippen LogP contribution in [0.3, 0.4) is 0 Å². The second-order valence-corrected chi connectivity index (χ2v) is 10.5. The van der Waals surface area contributed by atoms with E-state index in [4.69, 9.17) is 37.4 Å². The maximum atomic E-state index is 11.0. The summed E-state index contributed by atoms with van der Waals surface area (Å²) in [5.41, 5.74) is 2.21. The van der Waals surface area contributed by atoms with Gasteiger partial charge in [0.15, 0.2) is 5.16 Å². The molecule has 226 valence electrons. The largest absolute Gasteiger partial charge is 0.491 e. The topological polar surface area (TPSA) is 181 Å². The first-order valence-corrected chi connectivity index (χ1v) is 14.2. The Morgan fingerprint density at radius 2 is 1.88 bits per heavy atom. The normalized spacial score (nSPS) is 18.0. The van der Waals surface area contributed by atoms with Gasteiger partial charge < -0.3 is 18.8 Å². The molecule has 2 unspecified atom stereocenters. The monoisotopic (exact) mass is 653 g/mol. The van der Waals surface area contributed by atoms with E-state index in [0.29, 0.717) is 16.3 Å². The molecular weight excluding hydrogens is 633 g/mol. The van der Waals surface area contributed by atoms with Crippen molar-refractivity contribution in [1.82, 2.24) is 24.3 Å². The summed E-state index contributed by atoms with van der Waals surface area (Å²) >= 11 is 14.1. The van der Waals surface area contributed by atoms with Crippen molar-refractivity contribution in [3.63, 3.8) is 0 Å². The van der Waals surface area contributed by atoms with Gasteiger partial charge in [-0.15, -0.1) is 25.3 Å². The second-order valence-electron chi connectivity index (χ2n) is 8.92. The summed E-state index contributed by atoms with van der Waals surface area (Å²) < 4.78 is 21.1. The Balaban J connectivity index is 1.36. The zero-order valence-corrected chi connectivity index (χ0v) is 24.6. The number of rotatable bonds is 12. The summed E-state index contributed by atoms with van der Waals surface area (Å²) in [5.74, 6) is -1.14. The molecule has 1 saturated heterocycles. The molecule has 43 heavy (non-hydrogen) atoms. The van der Waals surface area contributed by atoms with Crippen LogP contribution >= 0.6 is 35.0 Å². The molecule has 0 bridgehead atoms. The molecule has 1 fully saturated rings. The van der Waals surface area contributed by atoms with Gasteiger partial charge in [-0.2, -0.15) is 4.98 Å². The fourth-order valence-corrected chi connectivity index (χ4v) is 5.45. The van der Waals surface area contributed by atoms with Crippen LogP contribution in [0.15, 0.2) is 53.8 Å². The summed E-state index contributed by atoms with van der Waals surface area (Å²) in [7, 11) is 1.94. The van der Waals surface area contributed by atoms with Crippen molar-refractivity contribution in [3.05, 3.63) is 84.5 Å². The van der Waals surface area contributed by atoms with E-state index < -0.39 is 40.6 Å².